The van der Waals surface area contributed by atoms with E-state index in [9.17, 15) is 23.2 Å². The Morgan fingerprint density at radius 1 is 1.30 bits per heavy atom. The zero-order chi connectivity index (χ0) is 15.3. The minimum Gasteiger partial charge on any atom is -0.497 e. The molecule has 0 aliphatic carbocycles. The molecule has 0 heterocycles. The van der Waals surface area contributed by atoms with Crippen molar-refractivity contribution in [2.45, 2.75) is 19.6 Å². The van der Waals surface area contributed by atoms with Gasteiger partial charge < -0.3 is 14.8 Å². The number of rotatable bonds is 6. The average Bonchev–Trinajstić information content (AvgIpc) is 2.35. The highest BCUT2D eigenvalue weighted by molar-refractivity contribution is 6.59. The van der Waals surface area contributed by atoms with Crippen molar-refractivity contribution in [1.82, 2.24) is 4.90 Å². The van der Waals surface area contributed by atoms with Crippen LogP contribution in [0, 0.1) is 0 Å². The van der Waals surface area contributed by atoms with Gasteiger partial charge in [-0.3, -0.25) is 4.90 Å². The fourth-order valence-electron chi connectivity index (χ4n) is 1.87. The van der Waals surface area contributed by atoms with E-state index in [2.05, 4.69) is 0 Å². The van der Waals surface area contributed by atoms with E-state index in [0.29, 0.717) is 11.3 Å². The Kier molecular flexibility index (Phi) is 5.85. The second-order valence-electron chi connectivity index (χ2n) is 4.36. The van der Waals surface area contributed by atoms with Gasteiger partial charge in [-0.2, -0.15) is 13.2 Å². The molecule has 0 saturated carbocycles. The van der Waals surface area contributed by atoms with Gasteiger partial charge in [0.15, 0.2) is 0 Å². The molecule has 20 heavy (non-hydrogen) atoms. The Hall–Kier alpha value is -1.25. The predicted octanol–water partition coefficient (Wildman–Crippen LogP) is 0.759. The van der Waals surface area contributed by atoms with Gasteiger partial charge in [0, 0.05) is 6.54 Å². The first kappa shape index (κ1) is 16.8. The average molecular weight is 291 g/mol. The van der Waals surface area contributed by atoms with Gasteiger partial charge in [-0.1, -0.05) is 13.0 Å². The predicted molar refractivity (Wildman–Crippen MR) is 69.8 cm³/mol. The summed E-state index contributed by atoms with van der Waals surface area (Å²) in [7, 11) is -0.304. The lowest BCUT2D eigenvalue weighted by atomic mass is 9.77. The van der Waals surface area contributed by atoms with Crippen LogP contribution in [0.1, 0.15) is 12.5 Å². The molecule has 0 amide bonds. The fourth-order valence-corrected chi connectivity index (χ4v) is 1.87. The highest BCUT2D eigenvalue weighted by Gasteiger charge is 2.30. The summed E-state index contributed by atoms with van der Waals surface area (Å²) in [4.78, 5) is 1.17. The number of halogens is 3. The monoisotopic (exact) mass is 291 g/mol. The van der Waals surface area contributed by atoms with Gasteiger partial charge in [0.25, 0.3) is 0 Å². The van der Waals surface area contributed by atoms with E-state index in [1.807, 2.05) is 0 Å². The molecule has 1 rings (SSSR count). The highest BCUT2D eigenvalue weighted by Crippen LogP contribution is 2.19. The Balaban J connectivity index is 2.98. The van der Waals surface area contributed by atoms with E-state index in [0.717, 1.165) is 0 Å². The standard InChI is InChI=1S/C12H17BF3NO3/c1-3-17(8-12(14,15)16)7-9-6-10(20-2)4-5-11(9)13(18)19/h4-6,18-19H,3,7-8H2,1-2H3. The Morgan fingerprint density at radius 2 is 1.95 bits per heavy atom. The van der Waals surface area contributed by atoms with Gasteiger partial charge in [0.05, 0.1) is 13.7 Å². The van der Waals surface area contributed by atoms with E-state index >= 15 is 0 Å². The molecule has 1 aromatic rings. The molecule has 0 atom stereocenters. The van der Waals surface area contributed by atoms with E-state index in [1.165, 1.54) is 30.2 Å². The number of benzene rings is 1. The van der Waals surface area contributed by atoms with Crippen LogP contribution in [0.4, 0.5) is 13.2 Å². The molecule has 0 aromatic heterocycles. The molecule has 2 N–H and O–H groups in total. The molecular formula is C12H17BF3NO3. The maximum absolute atomic E-state index is 12.4. The molecule has 0 saturated heterocycles. The van der Waals surface area contributed by atoms with E-state index in [1.54, 1.807) is 6.92 Å². The lowest BCUT2D eigenvalue weighted by Gasteiger charge is -2.23. The van der Waals surface area contributed by atoms with Crippen molar-refractivity contribution >= 4 is 12.6 Å². The molecule has 112 valence electrons. The van der Waals surface area contributed by atoms with Gasteiger partial charge in [0.2, 0.25) is 0 Å². The van der Waals surface area contributed by atoms with E-state index in [-0.39, 0.29) is 18.6 Å². The molecule has 0 aliphatic heterocycles. The number of hydrogen-bond donors (Lipinski definition) is 2. The molecule has 0 aliphatic rings. The zero-order valence-electron chi connectivity index (χ0n) is 11.3. The van der Waals surface area contributed by atoms with Crippen LogP contribution in [0.15, 0.2) is 18.2 Å². The maximum Gasteiger partial charge on any atom is 0.488 e. The maximum atomic E-state index is 12.4. The molecule has 8 heteroatoms. The normalized spacial score (nSPS) is 11.8. The number of methoxy groups -OCH3 is 1. The molecule has 1 aromatic carbocycles. The van der Waals surface area contributed by atoms with Gasteiger partial charge in [-0.15, -0.1) is 0 Å². The van der Waals surface area contributed by atoms with Gasteiger partial charge in [0.1, 0.15) is 5.75 Å². The van der Waals surface area contributed by atoms with Gasteiger partial charge >= 0.3 is 13.3 Å². The van der Waals surface area contributed by atoms with Crippen LogP contribution in [0.3, 0.4) is 0 Å². The summed E-state index contributed by atoms with van der Waals surface area (Å²) in [6.45, 7) is 0.709. The van der Waals surface area contributed by atoms with Crippen LogP contribution in [0.2, 0.25) is 0 Å². The third kappa shape index (κ3) is 5.03. The molecular weight excluding hydrogens is 274 g/mol. The van der Waals surface area contributed by atoms with Crippen LogP contribution in [-0.2, 0) is 6.54 Å². The zero-order valence-corrected chi connectivity index (χ0v) is 11.3. The smallest absolute Gasteiger partial charge is 0.488 e. The quantitative estimate of drug-likeness (QED) is 0.760. The van der Waals surface area contributed by atoms with Gasteiger partial charge in [-0.25, -0.2) is 0 Å². The van der Waals surface area contributed by atoms with E-state index < -0.39 is 19.8 Å². The summed E-state index contributed by atoms with van der Waals surface area (Å²) in [6, 6.07) is 4.46. The van der Waals surface area contributed by atoms with Crippen molar-refractivity contribution in [3.05, 3.63) is 23.8 Å². The van der Waals surface area contributed by atoms with Crippen molar-refractivity contribution in [1.29, 1.82) is 0 Å². The largest absolute Gasteiger partial charge is 0.497 e. The van der Waals surface area contributed by atoms with Crippen molar-refractivity contribution < 1.29 is 28.0 Å². The summed E-state index contributed by atoms with van der Waals surface area (Å²) in [5, 5.41) is 18.5. The number of hydrogen-bond acceptors (Lipinski definition) is 4. The SMILES string of the molecule is CCN(Cc1cc(OC)ccc1B(O)O)CC(F)(F)F. The van der Waals surface area contributed by atoms with Crippen LogP contribution < -0.4 is 10.2 Å². The van der Waals surface area contributed by atoms with Crippen molar-refractivity contribution in [2.75, 3.05) is 20.2 Å². The summed E-state index contributed by atoms with van der Waals surface area (Å²) >= 11 is 0. The molecule has 0 bridgehead atoms. The Morgan fingerprint density at radius 3 is 2.40 bits per heavy atom. The van der Waals surface area contributed by atoms with Crippen LogP contribution in [0.25, 0.3) is 0 Å². The summed E-state index contributed by atoms with van der Waals surface area (Å²) in [5.41, 5.74) is 0.567. The Labute approximate surface area is 115 Å². The van der Waals surface area contributed by atoms with Crippen molar-refractivity contribution in [3.63, 3.8) is 0 Å². The van der Waals surface area contributed by atoms with Gasteiger partial charge in [-0.05, 0) is 29.7 Å². The second kappa shape index (κ2) is 6.96. The third-order valence-electron chi connectivity index (χ3n) is 2.87. The Bertz CT molecular complexity index is 440. The van der Waals surface area contributed by atoms with Crippen LogP contribution >= 0.6 is 0 Å². The van der Waals surface area contributed by atoms with Crippen molar-refractivity contribution in [3.8, 4) is 5.75 Å². The van der Waals surface area contributed by atoms with Crippen molar-refractivity contribution in [2.24, 2.45) is 0 Å². The highest BCUT2D eigenvalue weighted by atomic mass is 19.4. The minimum atomic E-state index is -4.30. The first-order valence-electron chi connectivity index (χ1n) is 6.09. The molecule has 4 nitrogen and oxygen atoms in total. The number of nitrogens with zero attached hydrogens (tertiary/aromatic N) is 1. The number of alkyl halides is 3. The second-order valence-corrected chi connectivity index (χ2v) is 4.36. The molecule has 0 spiro atoms. The topological polar surface area (TPSA) is 52.9 Å². The van der Waals surface area contributed by atoms with E-state index in [4.69, 9.17) is 4.74 Å². The first-order valence-corrected chi connectivity index (χ1v) is 6.09. The summed E-state index contributed by atoms with van der Waals surface area (Å²) < 4.78 is 42.3. The first-order chi connectivity index (χ1) is 9.26. The minimum absolute atomic E-state index is 0.0415. The summed E-state index contributed by atoms with van der Waals surface area (Å²) in [6.07, 6.45) is -4.30. The summed E-state index contributed by atoms with van der Waals surface area (Å²) in [5.74, 6) is 0.451. The number of ether oxygens (including phenoxy) is 1. The molecule has 0 radical (unpaired) electrons. The van der Waals surface area contributed by atoms with Crippen LogP contribution in [-0.4, -0.2) is 48.4 Å². The van der Waals surface area contributed by atoms with Crippen LogP contribution in [0.5, 0.6) is 5.75 Å². The molecule has 0 fully saturated rings. The molecule has 0 unspecified atom stereocenters. The fraction of sp³-hybridized carbons (Fsp3) is 0.500. The lowest BCUT2D eigenvalue weighted by Crippen LogP contribution is -2.38. The third-order valence-corrected chi connectivity index (χ3v) is 2.87. The lowest BCUT2D eigenvalue weighted by molar-refractivity contribution is -0.146.